The normalized spacial score (nSPS) is 32.6. The van der Waals surface area contributed by atoms with Crippen molar-refractivity contribution in [2.24, 2.45) is 11.3 Å². The second-order valence-corrected chi connectivity index (χ2v) is 8.14. The van der Waals surface area contributed by atoms with E-state index in [4.69, 9.17) is 9.15 Å². The van der Waals surface area contributed by atoms with Crippen LogP contribution in [0.5, 0.6) is 0 Å². The topological polar surface area (TPSA) is 51.4 Å². The molecule has 4 rings (SSSR count). The molecule has 1 aromatic rings. The Balaban J connectivity index is 1.48. The van der Waals surface area contributed by atoms with Crippen LogP contribution in [-0.4, -0.2) is 40.4 Å². The quantitative estimate of drug-likeness (QED) is 0.804. The summed E-state index contributed by atoms with van der Waals surface area (Å²) in [6.07, 6.45) is 6.47. The van der Waals surface area contributed by atoms with E-state index in [1.165, 1.54) is 25.7 Å². The van der Waals surface area contributed by atoms with Crippen molar-refractivity contribution in [2.75, 3.05) is 13.2 Å². The Morgan fingerprint density at radius 2 is 2.04 bits per heavy atom. The minimum absolute atomic E-state index is 0.215. The van der Waals surface area contributed by atoms with E-state index in [0.717, 1.165) is 37.9 Å². The first-order valence-corrected chi connectivity index (χ1v) is 9.29. The van der Waals surface area contributed by atoms with Crippen molar-refractivity contribution in [2.45, 2.75) is 77.5 Å². The number of fused-ring (bicyclic) bond motifs is 1. The Labute approximate surface area is 138 Å². The van der Waals surface area contributed by atoms with Gasteiger partial charge >= 0.3 is 0 Å². The van der Waals surface area contributed by atoms with Gasteiger partial charge in [-0.3, -0.25) is 4.90 Å². The minimum atomic E-state index is 0.215. The second-order valence-electron chi connectivity index (χ2n) is 8.14. The molecule has 2 saturated carbocycles. The first kappa shape index (κ1) is 15.6. The number of hydrogen-bond acceptors (Lipinski definition) is 5. The summed E-state index contributed by atoms with van der Waals surface area (Å²) >= 11 is 0. The number of hydrogen-bond donors (Lipinski definition) is 0. The fourth-order valence-corrected chi connectivity index (χ4v) is 4.97. The van der Waals surface area contributed by atoms with Crippen LogP contribution in [0.25, 0.3) is 0 Å². The summed E-state index contributed by atoms with van der Waals surface area (Å²) in [5.74, 6) is 2.84. The van der Waals surface area contributed by atoms with Gasteiger partial charge in [0, 0.05) is 29.9 Å². The molecule has 128 valence electrons. The molecule has 1 aliphatic heterocycles. The van der Waals surface area contributed by atoms with Gasteiger partial charge in [0.15, 0.2) is 0 Å². The third kappa shape index (κ3) is 2.52. The zero-order valence-electron chi connectivity index (χ0n) is 14.6. The number of nitrogens with zero attached hydrogens (tertiary/aromatic N) is 3. The van der Waals surface area contributed by atoms with Gasteiger partial charge in [0.1, 0.15) is 0 Å². The van der Waals surface area contributed by atoms with Gasteiger partial charge < -0.3 is 9.15 Å². The molecule has 3 fully saturated rings. The predicted octanol–water partition coefficient (Wildman–Crippen LogP) is 3.36. The highest BCUT2D eigenvalue weighted by Crippen LogP contribution is 2.54. The highest BCUT2D eigenvalue weighted by atomic mass is 16.5. The van der Waals surface area contributed by atoms with Crippen LogP contribution in [0.4, 0.5) is 0 Å². The maximum absolute atomic E-state index is 5.97. The number of ether oxygens (including phenoxy) is 1. The molecule has 2 aliphatic carbocycles. The molecule has 0 N–H and O–H groups in total. The van der Waals surface area contributed by atoms with Crippen LogP contribution in [0.15, 0.2) is 4.42 Å². The molecule has 0 aromatic carbocycles. The van der Waals surface area contributed by atoms with Crippen LogP contribution in [0.3, 0.4) is 0 Å². The summed E-state index contributed by atoms with van der Waals surface area (Å²) in [6.45, 7) is 9.72. The van der Waals surface area contributed by atoms with Gasteiger partial charge in [-0.15, -0.1) is 10.2 Å². The Morgan fingerprint density at radius 3 is 2.74 bits per heavy atom. The van der Waals surface area contributed by atoms with Gasteiger partial charge in [-0.1, -0.05) is 27.2 Å². The number of rotatable bonds is 6. The van der Waals surface area contributed by atoms with Crippen LogP contribution < -0.4 is 0 Å². The summed E-state index contributed by atoms with van der Waals surface area (Å²) in [5, 5.41) is 8.62. The second kappa shape index (κ2) is 5.85. The van der Waals surface area contributed by atoms with Gasteiger partial charge in [-0.05, 0) is 32.2 Å². The molecule has 5 heteroatoms. The van der Waals surface area contributed by atoms with Crippen molar-refractivity contribution in [1.29, 1.82) is 0 Å². The molecule has 0 amide bonds. The third-order valence-corrected chi connectivity index (χ3v) is 6.22. The maximum Gasteiger partial charge on any atom is 0.230 e. The van der Waals surface area contributed by atoms with Crippen LogP contribution in [0.1, 0.15) is 70.6 Å². The lowest BCUT2D eigenvalue weighted by Crippen LogP contribution is -2.66. The van der Waals surface area contributed by atoms with Gasteiger partial charge in [-0.25, -0.2) is 0 Å². The van der Waals surface area contributed by atoms with Crippen LogP contribution in [0, 0.1) is 11.3 Å². The van der Waals surface area contributed by atoms with Crippen molar-refractivity contribution < 1.29 is 9.15 Å². The summed E-state index contributed by atoms with van der Waals surface area (Å²) in [5.41, 5.74) is 0.215. The Bertz CT molecular complexity index is 552. The van der Waals surface area contributed by atoms with E-state index in [1.807, 2.05) is 0 Å². The van der Waals surface area contributed by atoms with E-state index in [1.54, 1.807) is 0 Å². The van der Waals surface area contributed by atoms with Crippen molar-refractivity contribution >= 4 is 0 Å². The molecule has 0 radical (unpaired) electrons. The molecule has 0 unspecified atom stereocenters. The summed E-state index contributed by atoms with van der Waals surface area (Å²) in [6, 6.07) is 0.564. The van der Waals surface area contributed by atoms with Crippen molar-refractivity contribution in [1.82, 2.24) is 15.1 Å². The van der Waals surface area contributed by atoms with Gasteiger partial charge in [0.05, 0.1) is 12.6 Å². The van der Waals surface area contributed by atoms with E-state index in [2.05, 4.69) is 35.9 Å². The Kier molecular flexibility index (Phi) is 3.96. The molecule has 0 spiro atoms. The summed E-state index contributed by atoms with van der Waals surface area (Å²) in [7, 11) is 0. The zero-order chi connectivity index (χ0) is 16.0. The molecule has 2 heterocycles. The van der Waals surface area contributed by atoms with Gasteiger partial charge in [-0.2, -0.15) is 0 Å². The van der Waals surface area contributed by atoms with E-state index in [0.29, 0.717) is 24.0 Å². The first-order valence-electron chi connectivity index (χ1n) is 9.29. The average Bonchev–Trinajstić information content (AvgIpc) is 3.05. The molecule has 23 heavy (non-hydrogen) atoms. The molecule has 0 bridgehead atoms. The molecule has 1 aromatic heterocycles. The molecule has 3 aliphatic rings. The first-order chi connectivity index (χ1) is 11.1. The minimum Gasteiger partial charge on any atom is -0.424 e. The average molecular weight is 319 g/mol. The highest BCUT2D eigenvalue weighted by molar-refractivity contribution is 5.12. The lowest BCUT2D eigenvalue weighted by molar-refractivity contribution is -0.158. The standard InChI is InChI=1S/C18H29N3O2/c1-4-9-21(15-13-8-10-22-16(13)18(15,2)3)11-14-19-20-17(23-14)12-6-5-7-12/h12-13,15-16H,4-11H2,1-3H3/t13-,15+,16-/m0/s1. The molecule has 5 nitrogen and oxygen atoms in total. The number of aromatic nitrogens is 2. The Hall–Kier alpha value is -0.940. The predicted molar refractivity (Wildman–Crippen MR) is 87.0 cm³/mol. The molecular weight excluding hydrogens is 290 g/mol. The fourth-order valence-electron chi connectivity index (χ4n) is 4.97. The van der Waals surface area contributed by atoms with Crippen LogP contribution >= 0.6 is 0 Å². The Morgan fingerprint density at radius 1 is 1.22 bits per heavy atom. The van der Waals surface area contributed by atoms with E-state index < -0.39 is 0 Å². The van der Waals surface area contributed by atoms with Crippen molar-refractivity contribution in [3.05, 3.63) is 11.8 Å². The fraction of sp³-hybridized carbons (Fsp3) is 0.889. The monoisotopic (exact) mass is 319 g/mol. The highest BCUT2D eigenvalue weighted by Gasteiger charge is 2.61. The summed E-state index contributed by atoms with van der Waals surface area (Å²) in [4.78, 5) is 2.56. The molecule has 3 atom stereocenters. The summed E-state index contributed by atoms with van der Waals surface area (Å²) < 4.78 is 11.9. The van der Waals surface area contributed by atoms with Crippen molar-refractivity contribution in [3.63, 3.8) is 0 Å². The van der Waals surface area contributed by atoms with E-state index in [-0.39, 0.29) is 5.41 Å². The van der Waals surface area contributed by atoms with Crippen LogP contribution in [0.2, 0.25) is 0 Å². The molecule has 1 saturated heterocycles. The lowest BCUT2D eigenvalue weighted by atomic mass is 9.56. The zero-order valence-corrected chi connectivity index (χ0v) is 14.6. The third-order valence-electron chi connectivity index (χ3n) is 6.22. The largest absolute Gasteiger partial charge is 0.424 e. The van der Waals surface area contributed by atoms with Gasteiger partial charge in [0.25, 0.3) is 0 Å². The SMILES string of the molecule is CCCN(Cc1nnc(C2CCC2)o1)[C@@H]1[C@@H]2CCO[C@@H]2C1(C)C. The van der Waals surface area contributed by atoms with Crippen molar-refractivity contribution in [3.8, 4) is 0 Å². The van der Waals surface area contributed by atoms with E-state index >= 15 is 0 Å². The smallest absolute Gasteiger partial charge is 0.230 e. The van der Waals surface area contributed by atoms with E-state index in [9.17, 15) is 0 Å². The van der Waals surface area contributed by atoms with Gasteiger partial charge in [0.2, 0.25) is 11.8 Å². The molecular formula is C18H29N3O2. The maximum atomic E-state index is 5.97. The lowest BCUT2D eigenvalue weighted by Gasteiger charge is -2.58. The van der Waals surface area contributed by atoms with Crippen LogP contribution in [-0.2, 0) is 11.3 Å².